The Kier molecular flexibility index (Phi) is 2.51. The smallest absolute Gasteiger partial charge is 0.237 e. The molecule has 0 spiro atoms. The van der Waals surface area contributed by atoms with E-state index in [2.05, 4.69) is 17.3 Å². The summed E-state index contributed by atoms with van der Waals surface area (Å²) in [7, 11) is 2.14. The summed E-state index contributed by atoms with van der Waals surface area (Å²) < 4.78 is 0. The maximum absolute atomic E-state index is 11.3. The van der Waals surface area contributed by atoms with Crippen LogP contribution in [0.5, 0.6) is 0 Å². The molecule has 0 aromatic heterocycles. The molecule has 1 N–H and O–H groups in total. The van der Waals surface area contributed by atoms with E-state index in [0.717, 1.165) is 19.8 Å². The first-order valence-electron chi connectivity index (χ1n) is 4.93. The molecular weight excluding hydrogens is 166 g/mol. The maximum atomic E-state index is 11.3. The van der Waals surface area contributed by atoms with E-state index in [4.69, 9.17) is 0 Å². The van der Waals surface area contributed by atoms with Gasteiger partial charge in [-0.2, -0.15) is 0 Å². The van der Waals surface area contributed by atoms with Crippen LogP contribution in [0.4, 0.5) is 0 Å². The molecule has 0 radical (unpaired) electrons. The summed E-state index contributed by atoms with van der Waals surface area (Å²) in [5, 5.41) is 3.07. The zero-order chi connectivity index (χ0) is 9.26. The fourth-order valence-corrected chi connectivity index (χ4v) is 2.15. The monoisotopic (exact) mass is 183 g/mol. The normalized spacial score (nSPS) is 30.4. The second-order valence-electron chi connectivity index (χ2n) is 4.12. The highest BCUT2D eigenvalue weighted by molar-refractivity contribution is 5.79. The first-order chi connectivity index (χ1) is 6.25. The van der Waals surface area contributed by atoms with Gasteiger partial charge in [0.05, 0.1) is 13.2 Å². The van der Waals surface area contributed by atoms with E-state index in [0.29, 0.717) is 12.5 Å². The Labute approximate surface area is 78.9 Å². The molecule has 2 heterocycles. The third-order valence-electron chi connectivity index (χ3n) is 2.90. The summed E-state index contributed by atoms with van der Waals surface area (Å²) in [5.74, 6) is 0.948. The molecule has 0 bridgehead atoms. The van der Waals surface area contributed by atoms with Gasteiger partial charge in [-0.05, 0) is 25.9 Å². The minimum absolute atomic E-state index is 0.259. The molecule has 0 aromatic rings. The van der Waals surface area contributed by atoms with Crippen molar-refractivity contribution in [2.75, 3.05) is 39.9 Å². The van der Waals surface area contributed by atoms with Gasteiger partial charge in [0.2, 0.25) is 5.91 Å². The minimum Gasteiger partial charge on any atom is -0.328 e. The Morgan fingerprint density at radius 3 is 3.00 bits per heavy atom. The van der Waals surface area contributed by atoms with Crippen LogP contribution < -0.4 is 5.32 Å². The predicted molar refractivity (Wildman–Crippen MR) is 50.2 cm³/mol. The van der Waals surface area contributed by atoms with Crippen LogP contribution in [-0.4, -0.2) is 55.6 Å². The molecule has 1 amide bonds. The van der Waals surface area contributed by atoms with Crippen LogP contribution in [0.1, 0.15) is 6.42 Å². The Morgan fingerprint density at radius 1 is 1.62 bits per heavy atom. The highest BCUT2D eigenvalue weighted by Crippen LogP contribution is 2.16. The Bertz CT molecular complexity index is 207. The summed E-state index contributed by atoms with van der Waals surface area (Å²) in [6.07, 6.45) is 1.24. The quantitative estimate of drug-likeness (QED) is 0.616. The highest BCUT2D eigenvalue weighted by atomic mass is 16.2. The minimum atomic E-state index is 0.259. The molecule has 0 aliphatic carbocycles. The molecule has 4 nitrogen and oxygen atoms in total. The number of amides is 1. The molecule has 74 valence electrons. The molecule has 2 aliphatic rings. The summed E-state index contributed by atoms with van der Waals surface area (Å²) >= 11 is 0. The van der Waals surface area contributed by atoms with Crippen molar-refractivity contribution in [3.8, 4) is 0 Å². The SMILES string of the molecule is CN1CCC(CN2CNCC2=O)C1. The van der Waals surface area contributed by atoms with Crippen molar-refractivity contribution in [3.05, 3.63) is 0 Å². The first-order valence-corrected chi connectivity index (χ1v) is 4.93. The predicted octanol–water partition coefficient (Wildman–Crippen LogP) is -0.673. The first kappa shape index (κ1) is 8.97. The van der Waals surface area contributed by atoms with Gasteiger partial charge < -0.3 is 9.80 Å². The van der Waals surface area contributed by atoms with Crippen LogP contribution in [-0.2, 0) is 4.79 Å². The molecule has 2 aliphatic heterocycles. The van der Waals surface area contributed by atoms with Crippen molar-refractivity contribution >= 4 is 5.91 Å². The van der Waals surface area contributed by atoms with Crippen molar-refractivity contribution in [1.29, 1.82) is 0 Å². The van der Waals surface area contributed by atoms with Crippen molar-refractivity contribution < 1.29 is 4.79 Å². The summed E-state index contributed by atoms with van der Waals surface area (Å²) in [5.41, 5.74) is 0. The largest absolute Gasteiger partial charge is 0.328 e. The number of nitrogens with zero attached hydrogens (tertiary/aromatic N) is 2. The van der Waals surface area contributed by atoms with E-state index in [-0.39, 0.29) is 5.91 Å². The Hall–Kier alpha value is -0.610. The molecule has 0 saturated carbocycles. The fourth-order valence-electron chi connectivity index (χ4n) is 2.15. The molecule has 1 atom stereocenters. The van der Waals surface area contributed by atoms with E-state index in [1.807, 2.05) is 4.90 Å². The van der Waals surface area contributed by atoms with Gasteiger partial charge in [0.25, 0.3) is 0 Å². The second kappa shape index (κ2) is 3.64. The van der Waals surface area contributed by atoms with Gasteiger partial charge >= 0.3 is 0 Å². The van der Waals surface area contributed by atoms with Gasteiger partial charge in [-0.15, -0.1) is 0 Å². The van der Waals surface area contributed by atoms with Gasteiger partial charge in [-0.25, -0.2) is 0 Å². The van der Waals surface area contributed by atoms with E-state index < -0.39 is 0 Å². The van der Waals surface area contributed by atoms with Crippen LogP contribution in [0, 0.1) is 5.92 Å². The van der Waals surface area contributed by atoms with Crippen LogP contribution in [0.15, 0.2) is 0 Å². The summed E-state index contributed by atoms with van der Waals surface area (Å²) in [6, 6.07) is 0. The molecule has 0 aromatic carbocycles. The molecule has 13 heavy (non-hydrogen) atoms. The zero-order valence-corrected chi connectivity index (χ0v) is 8.12. The zero-order valence-electron chi connectivity index (χ0n) is 8.12. The van der Waals surface area contributed by atoms with Crippen molar-refractivity contribution in [3.63, 3.8) is 0 Å². The number of likely N-dealkylation sites (tertiary alicyclic amines) is 1. The van der Waals surface area contributed by atoms with Gasteiger partial charge in [0, 0.05) is 13.1 Å². The van der Waals surface area contributed by atoms with Crippen LogP contribution in [0.2, 0.25) is 0 Å². The van der Waals surface area contributed by atoms with Crippen molar-refractivity contribution in [1.82, 2.24) is 15.1 Å². The van der Waals surface area contributed by atoms with E-state index in [1.165, 1.54) is 13.0 Å². The fraction of sp³-hybridized carbons (Fsp3) is 0.889. The summed E-state index contributed by atoms with van der Waals surface area (Å²) in [6.45, 7) is 4.54. The lowest BCUT2D eigenvalue weighted by molar-refractivity contribution is -0.127. The lowest BCUT2D eigenvalue weighted by atomic mass is 10.1. The number of carbonyl (C=O) groups is 1. The number of hydrogen-bond donors (Lipinski definition) is 1. The molecule has 2 saturated heterocycles. The van der Waals surface area contributed by atoms with E-state index in [9.17, 15) is 4.79 Å². The standard InChI is InChI=1S/C9H17N3O/c1-11-3-2-8(5-11)6-12-7-10-4-9(12)13/h8,10H,2-7H2,1H3. The number of hydrogen-bond acceptors (Lipinski definition) is 3. The van der Waals surface area contributed by atoms with Gasteiger partial charge in [-0.1, -0.05) is 0 Å². The lowest BCUT2D eigenvalue weighted by Gasteiger charge is -2.19. The third-order valence-corrected chi connectivity index (χ3v) is 2.90. The Balaban J connectivity index is 1.81. The van der Waals surface area contributed by atoms with E-state index in [1.54, 1.807) is 0 Å². The highest BCUT2D eigenvalue weighted by Gasteiger charge is 2.26. The number of nitrogens with one attached hydrogen (secondary N) is 1. The number of carbonyl (C=O) groups excluding carboxylic acids is 1. The molecule has 1 unspecified atom stereocenters. The average molecular weight is 183 g/mol. The van der Waals surface area contributed by atoms with Crippen molar-refractivity contribution in [2.45, 2.75) is 6.42 Å². The average Bonchev–Trinajstić information content (AvgIpc) is 2.64. The molecule has 2 rings (SSSR count). The van der Waals surface area contributed by atoms with Gasteiger partial charge in [0.1, 0.15) is 0 Å². The number of rotatable bonds is 2. The van der Waals surface area contributed by atoms with Crippen LogP contribution in [0.3, 0.4) is 0 Å². The van der Waals surface area contributed by atoms with Gasteiger partial charge in [-0.3, -0.25) is 10.1 Å². The Morgan fingerprint density at radius 2 is 2.46 bits per heavy atom. The van der Waals surface area contributed by atoms with Crippen molar-refractivity contribution in [2.24, 2.45) is 5.92 Å². The maximum Gasteiger partial charge on any atom is 0.237 e. The topological polar surface area (TPSA) is 35.6 Å². The van der Waals surface area contributed by atoms with E-state index >= 15 is 0 Å². The van der Waals surface area contributed by atoms with Crippen LogP contribution in [0.25, 0.3) is 0 Å². The molecular formula is C9H17N3O. The van der Waals surface area contributed by atoms with Crippen LogP contribution >= 0.6 is 0 Å². The molecule has 2 fully saturated rings. The van der Waals surface area contributed by atoms with Gasteiger partial charge in [0.15, 0.2) is 0 Å². The third kappa shape index (κ3) is 2.00. The second-order valence-corrected chi connectivity index (χ2v) is 4.12. The molecule has 4 heteroatoms. The summed E-state index contributed by atoms with van der Waals surface area (Å²) in [4.78, 5) is 15.6. The lowest BCUT2D eigenvalue weighted by Crippen LogP contribution is -2.32.